The smallest absolute Gasteiger partial charge is 0.230 e. The van der Waals surface area contributed by atoms with E-state index in [1.807, 2.05) is 0 Å². The molecule has 0 heterocycles. The van der Waals surface area contributed by atoms with Crippen LogP contribution in [0.1, 0.15) is 6.42 Å². The molecule has 58 valence electrons. The van der Waals surface area contributed by atoms with Crippen molar-refractivity contribution in [2.75, 3.05) is 0 Å². The van der Waals surface area contributed by atoms with Gasteiger partial charge in [-0.25, -0.2) is 0 Å². The number of nitrogens with two attached hydrogens (primary N) is 1. The van der Waals surface area contributed by atoms with E-state index >= 15 is 0 Å². The minimum atomic E-state index is -2.83. The van der Waals surface area contributed by atoms with Crippen LogP contribution in [-0.4, -0.2) is 16.5 Å². The molecule has 0 aliphatic heterocycles. The van der Waals surface area contributed by atoms with Crippen molar-refractivity contribution < 1.29 is 14.3 Å². The van der Waals surface area contributed by atoms with E-state index in [4.69, 9.17) is 10.6 Å². The van der Waals surface area contributed by atoms with E-state index in [1.54, 1.807) is 0 Å². The molecule has 0 aliphatic rings. The second-order valence-corrected chi connectivity index (χ2v) is 3.19. The Morgan fingerprint density at radius 1 is 1.90 bits per heavy atom. The zero-order chi connectivity index (χ0) is 8.15. The van der Waals surface area contributed by atoms with Crippen molar-refractivity contribution in [2.45, 2.75) is 12.1 Å². The Labute approximate surface area is 59.6 Å². The Balaban J connectivity index is 4.11. The summed E-state index contributed by atoms with van der Waals surface area (Å²) in [6.45, 7) is 3.32. The molecule has 0 radical (unpaired) electrons. The highest BCUT2D eigenvalue weighted by molar-refractivity contribution is 7.40. The molecular formula is C5H10NO3P. The van der Waals surface area contributed by atoms with Crippen LogP contribution in [0.2, 0.25) is 0 Å². The van der Waals surface area contributed by atoms with E-state index in [2.05, 4.69) is 6.58 Å². The lowest BCUT2D eigenvalue weighted by atomic mass is 10.3. The number of carbonyl (C=O) groups is 1. The molecule has 3 N–H and O–H groups in total. The second kappa shape index (κ2) is 4.25. The summed E-state index contributed by atoms with van der Waals surface area (Å²) in [7, 11) is -2.83. The highest BCUT2D eigenvalue weighted by Gasteiger charge is 2.18. The van der Waals surface area contributed by atoms with E-state index in [1.165, 1.54) is 6.08 Å². The van der Waals surface area contributed by atoms with Crippen molar-refractivity contribution in [3.8, 4) is 0 Å². The summed E-state index contributed by atoms with van der Waals surface area (Å²) in [6, 6.07) is 0. The fraction of sp³-hybridized carbons (Fsp3) is 0.400. The molecule has 2 atom stereocenters. The highest BCUT2D eigenvalue weighted by Crippen LogP contribution is 2.24. The van der Waals surface area contributed by atoms with Crippen LogP contribution in [0.15, 0.2) is 12.7 Å². The van der Waals surface area contributed by atoms with Crippen molar-refractivity contribution in [1.82, 2.24) is 0 Å². The van der Waals surface area contributed by atoms with Gasteiger partial charge in [-0.15, -0.1) is 6.58 Å². The Kier molecular flexibility index (Phi) is 4.00. The van der Waals surface area contributed by atoms with E-state index < -0.39 is 19.6 Å². The van der Waals surface area contributed by atoms with Gasteiger partial charge in [-0.3, -0.25) is 9.36 Å². The van der Waals surface area contributed by atoms with Crippen LogP contribution >= 0.6 is 8.03 Å². The molecule has 4 nitrogen and oxygen atoms in total. The standard InChI is InChI=1S/C5H10NO3P/c1-2-3-4(5(6)7)10(8)9/h2,4,10H,1,3H2,(H2,6,7)(H,8,9). The summed E-state index contributed by atoms with van der Waals surface area (Å²) < 4.78 is 10.4. The van der Waals surface area contributed by atoms with Crippen molar-refractivity contribution in [2.24, 2.45) is 5.73 Å². The van der Waals surface area contributed by atoms with Crippen LogP contribution < -0.4 is 5.73 Å². The highest BCUT2D eigenvalue weighted by atomic mass is 31.1. The number of hydrogen-bond donors (Lipinski definition) is 2. The first-order valence-corrected chi connectivity index (χ1v) is 4.16. The summed E-state index contributed by atoms with van der Waals surface area (Å²) >= 11 is 0. The maximum Gasteiger partial charge on any atom is 0.230 e. The van der Waals surface area contributed by atoms with E-state index in [0.717, 1.165) is 0 Å². The lowest BCUT2D eigenvalue weighted by Crippen LogP contribution is -2.24. The average molecular weight is 163 g/mol. The molecule has 2 unspecified atom stereocenters. The molecule has 0 aromatic carbocycles. The van der Waals surface area contributed by atoms with Crippen LogP contribution in [-0.2, 0) is 9.36 Å². The monoisotopic (exact) mass is 163 g/mol. The predicted octanol–water partition coefficient (Wildman–Crippen LogP) is -0.117. The Morgan fingerprint density at radius 3 is 2.50 bits per heavy atom. The number of hydrogen-bond acceptors (Lipinski definition) is 2. The summed E-state index contributed by atoms with van der Waals surface area (Å²) in [6.07, 6.45) is 1.57. The molecule has 0 aromatic rings. The Morgan fingerprint density at radius 2 is 2.40 bits per heavy atom. The maximum absolute atomic E-state index is 10.4. The van der Waals surface area contributed by atoms with Gasteiger partial charge in [0.25, 0.3) is 0 Å². The predicted molar refractivity (Wildman–Crippen MR) is 39.0 cm³/mol. The first-order chi connectivity index (χ1) is 4.59. The van der Waals surface area contributed by atoms with Gasteiger partial charge in [-0.2, -0.15) is 0 Å². The lowest BCUT2D eigenvalue weighted by Gasteiger charge is -2.04. The van der Waals surface area contributed by atoms with Crippen molar-refractivity contribution in [3.63, 3.8) is 0 Å². The van der Waals surface area contributed by atoms with Gasteiger partial charge in [0, 0.05) is 0 Å². The van der Waals surface area contributed by atoms with Gasteiger partial charge in [-0.1, -0.05) is 6.08 Å². The molecule has 0 fully saturated rings. The minimum absolute atomic E-state index is 0.170. The van der Waals surface area contributed by atoms with Crippen molar-refractivity contribution in [3.05, 3.63) is 12.7 Å². The summed E-state index contributed by atoms with van der Waals surface area (Å²) in [5.74, 6) is -0.744. The SMILES string of the molecule is C=CCC(C(N)=O)[PH](=O)O. The molecule has 0 spiro atoms. The summed E-state index contributed by atoms with van der Waals surface area (Å²) in [5, 5.41) is 0. The largest absolute Gasteiger partial charge is 0.369 e. The number of amides is 1. The van der Waals surface area contributed by atoms with Crippen molar-refractivity contribution in [1.29, 1.82) is 0 Å². The van der Waals surface area contributed by atoms with E-state index in [-0.39, 0.29) is 6.42 Å². The lowest BCUT2D eigenvalue weighted by molar-refractivity contribution is -0.117. The zero-order valence-corrected chi connectivity index (χ0v) is 6.41. The molecule has 0 bridgehead atoms. The number of primary amides is 1. The fourth-order valence-corrected chi connectivity index (χ4v) is 1.12. The first kappa shape index (κ1) is 9.40. The normalized spacial score (nSPS) is 15.7. The molecule has 0 saturated carbocycles. The number of carbonyl (C=O) groups excluding carboxylic acids is 1. The Hall–Kier alpha value is -0.600. The second-order valence-electron chi connectivity index (χ2n) is 1.82. The van der Waals surface area contributed by atoms with Gasteiger partial charge in [0.1, 0.15) is 5.66 Å². The Bertz CT molecular complexity index is 154. The van der Waals surface area contributed by atoms with Gasteiger partial charge in [0.2, 0.25) is 13.9 Å². The molecule has 0 saturated heterocycles. The number of allylic oxidation sites excluding steroid dienone is 1. The third-order valence-electron chi connectivity index (χ3n) is 1.04. The molecule has 10 heavy (non-hydrogen) atoms. The molecule has 0 aliphatic carbocycles. The molecule has 1 amide bonds. The third-order valence-corrected chi connectivity index (χ3v) is 2.16. The first-order valence-electron chi connectivity index (χ1n) is 2.72. The van der Waals surface area contributed by atoms with Gasteiger partial charge in [-0.05, 0) is 6.42 Å². The molecule has 0 rings (SSSR count). The maximum atomic E-state index is 10.4. The zero-order valence-electron chi connectivity index (χ0n) is 5.41. The van der Waals surface area contributed by atoms with Crippen LogP contribution in [0, 0.1) is 0 Å². The van der Waals surface area contributed by atoms with E-state index in [0.29, 0.717) is 0 Å². The van der Waals surface area contributed by atoms with Crippen LogP contribution in [0.5, 0.6) is 0 Å². The van der Waals surface area contributed by atoms with Crippen LogP contribution in [0.4, 0.5) is 0 Å². The molecule has 0 aromatic heterocycles. The van der Waals surface area contributed by atoms with Crippen LogP contribution in [0.25, 0.3) is 0 Å². The van der Waals surface area contributed by atoms with Gasteiger partial charge in [0.05, 0.1) is 0 Å². The fourth-order valence-electron chi connectivity index (χ4n) is 0.505. The third kappa shape index (κ3) is 2.80. The van der Waals surface area contributed by atoms with Crippen LogP contribution in [0.3, 0.4) is 0 Å². The molecular weight excluding hydrogens is 153 g/mol. The summed E-state index contributed by atoms with van der Waals surface area (Å²) in [4.78, 5) is 18.9. The quantitative estimate of drug-likeness (QED) is 0.448. The topological polar surface area (TPSA) is 80.4 Å². The summed E-state index contributed by atoms with van der Waals surface area (Å²) in [5.41, 5.74) is 3.86. The average Bonchev–Trinajstić information content (AvgIpc) is 1.81. The minimum Gasteiger partial charge on any atom is -0.369 e. The van der Waals surface area contributed by atoms with Gasteiger partial charge < -0.3 is 10.6 Å². The van der Waals surface area contributed by atoms with Gasteiger partial charge in [0.15, 0.2) is 0 Å². The van der Waals surface area contributed by atoms with E-state index in [9.17, 15) is 9.36 Å². The van der Waals surface area contributed by atoms with Crippen molar-refractivity contribution >= 4 is 13.9 Å². The van der Waals surface area contributed by atoms with Gasteiger partial charge >= 0.3 is 0 Å². The molecule has 5 heteroatoms. The number of rotatable bonds is 4.